The number of thiazole rings is 1. The molecule has 1 aliphatic heterocycles. The molecule has 0 N–H and O–H groups in total. The molecule has 2 heterocycles. The van der Waals surface area contributed by atoms with E-state index in [0.29, 0.717) is 45.8 Å². The van der Waals surface area contributed by atoms with Gasteiger partial charge in [0.05, 0.1) is 55.9 Å². The molecule has 5 rings (SSSR count). The molecule has 12 nitrogen and oxygen atoms in total. The number of hydrogen-bond donors (Lipinski definition) is 0. The molecule has 0 spiro atoms. The maximum Gasteiger partial charge on any atom is 0.280 e. The van der Waals surface area contributed by atoms with Gasteiger partial charge in [-0.25, -0.2) is 13.4 Å². The minimum atomic E-state index is -3.79. The number of sulfonamides is 1. The van der Waals surface area contributed by atoms with E-state index in [-0.39, 0.29) is 23.1 Å². The summed E-state index contributed by atoms with van der Waals surface area (Å²) in [5, 5.41) is 6.00. The summed E-state index contributed by atoms with van der Waals surface area (Å²) in [6.07, 6.45) is 3.08. The molecule has 1 aromatic heterocycles. The fourth-order valence-corrected chi connectivity index (χ4v) is 7.00. The molecule has 1 saturated heterocycles. The van der Waals surface area contributed by atoms with E-state index in [1.54, 1.807) is 31.4 Å². The minimum Gasteiger partial charge on any atom is -0.497 e. The minimum absolute atomic E-state index is 0.0686. The van der Waals surface area contributed by atoms with Crippen LogP contribution in [0.1, 0.15) is 28.8 Å². The molecule has 14 heteroatoms. The summed E-state index contributed by atoms with van der Waals surface area (Å²) < 4.78 is 55.8. The Morgan fingerprint density at radius 3 is 2.33 bits per heavy atom. The quantitative estimate of drug-likeness (QED) is 0.156. The third kappa shape index (κ3) is 6.88. The van der Waals surface area contributed by atoms with Crippen molar-refractivity contribution in [3.63, 3.8) is 0 Å². The first-order chi connectivity index (χ1) is 21.7. The number of aromatic nitrogens is 1. The summed E-state index contributed by atoms with van der Waals surface area (Å²) in [5.41, 5.74) is 1.45. The molecule has 1 atom stereocenters. The second-order valence-electron chi connectivity index (χ2n) is 10.1. The van der Waals surface area contributed by atoms with Crippen molar-refractivity contribution in [3.05, 3.63) is 65.7 Å². The van der Waals surface area contributed by atoms with Crippen LogP contribution < -0.4 is 24.0 Å². The van der Waals surface area contributed by atoms with E-state index in [9.17, 15) is 13.2 Å². The SMILES string of the molecule is COc1ccc2nc(N(/N=C/c3cc(OC)c(OC)c(OC)c3)C(=O)c3ccc(S(=O)(=O)N(C)CC4CCCO4)cc3)sc2c1. The van der Waals surface area contributed by atoms with Gasteiger partial charge in [-0.15, -0.1) is 0 Å². The normalized spacial score (nSPS) is 15.1. The van der Waals surface area contributed by atoms with Crippen molar-refractivity contribution in [2.75, 3.05) is 53.6 Å². The first-order valence-electron chi connectivity index (χ1n) is 14.0. The molecule has 1 amide bonds. The van der Waals surface area contributed by atoms with Crippen molar-refractivity contribution in [3.8, 4) is 23.0 Å². The summed E-state index contributed by atoms with van der Waals surface area (Å²) >= 11 is 1.26. The maximum absolute atomic E-state index is 13.9. The van der Waals surface area contributed by atoms with Gasteiger partial charge in [0.1, 0.15) is 5.75 Å². The van der Waals surface area contributed by atoms with Gasteiger partial charge in [-0.3, -0.25) is 4.79 Å². The molecule has 0 radical (unpaired) electrons. The van der Waals surface area contributed by atoms with Gasteiger partial charge >= 0.3 is 0 Å². The molecule has 0 bridgehead atoms. The van der Waals surface area contributed by atoms with Crippen LogP contribution in [-0.4, -0.2) is 84.6 Å². The molecular weight excluding hydrogens is 620 g/mol. The lowest BCUT2D eigenvalue weighted by atomic mass is 10.2. The fraction of sp³-hybridized carbons (Fsp3) is 0.323. The van der Waals surface area contributed by atoms with Crippen LogP contribution in [0.4, 0.5) is 5.13 Å². The number of ether oxygens (including phenoxy) is 5. The third-order valence-electron chi connectivity index (χ3n) is 7.26. The molecule has 45 heavy (non-hydrogen) atoms. The zero-order chi connectivity index (χ0) is 32.1. The first kappa shape index (κ1) is 32.2. The average Bonchev–Trinajstić information content (AvgIpc) is 3.73. The van der Waals surface area contributed by atoms with E-state index in [2.05, 4.69) is 10.1 Å². The Morgan fingerprint density at radius 2 is 1.73 bits per heavy atom. The van der Waals surface area contributed by atoms with E-state index in [1.807, 2.05) is 6.07 Å². The number of nitrogens with zero attached hydrogens (tertiary/aromatic N) is 4. The highest BCUT2D eigenvalue weighted by Gasteiger charge is 2.27. The van der Waals surface area contributed by atoms with Gasteiger partial charge in [0.25, 0.3) is 5.91 Å². The van der Waals surface area contributed by atoms with E-state index in [1.165, 1.54) is 79.5 Å². The number of benzene rings is 3. The lowest BCUT2D eigenvalue weighted by Gasteiger charge is -2.20. The maximum atomic E-state index is 13.9. The van der Waals surface area contributed by atoms with Gasteiger partial charge in [0, 0.05) is 31.3 Å². The molecule has 1 unspecified atom stereocenters. The molecular formula is C31H34N4O8S2. The van der Waals surface area contributed by atoms with Gasteiger partial charge in [-0.2, -0.15) is 14.4 Å². The number of methoxy groups -OCH3 is 4. The smallest absolute Gasteiger partial charge is 0.280 e. The molecule has 3 aromatic carbocycles. The fourth-order valence-electron chi connectivity index (χ4n) is 4.84. The monoisotopic (exact) mass is 654 g/mol. The van der Waals surface area contributed by atoms with Crippen molar-refractivity contribution < 1.29 is 36.9 Å². The van der Waals surface area contributed by atoms with Crippen LogP contribution in [0.15, 0.2) is 64.6 Å². The Balaban J connectivity index is 1.49. The van der Waals surface area contributed by atoms with Gasteiger partial charge in [-0.1, -0.05) is 11.3 Å². The predicted octanol–water partition coefficient (Wildman–Crippen LogP) is 4.81. The van der Waals surface area contributed by atoms with Crippen molar-refractivity contribution in [1.29, 1.82) is 0 Å². The number of anilines is 1. The topological polar surface area (TPSA) is 129 Å². The highest BCUT2D eigenvalue weighted by atomic mass is 32.2. The van der Waals surface area contributed by atoms with Crippen LogP contribution in [0.25, 0.3) is 10.2 Å². The molecule has 238 valence electrons. The van der Waals surface area contributed by atoms with Gasteiger partial charge in [0.15, 0.2) is 11.5 Å². The summed E-state index contributed by atoms with van der Waals surface area (Å²) in [6, 6.07) is 14.6. The zero-order valence-corrected chi connectivity index (χ0v) is 27.2. The van der Waals surface area contributed by atoms with Crippen LogP contribution in [0.5, 0.6) is 23.0 Å². The highest BCUT2D eigenvalue weighted by Crippen LogP contribution is 2.38. The number of likely N-dealkylation sites (N-methyl/N-ethyl adjacent to an activating group) is 1. The number of amides is 1. The first-order valence-corrected chi connectivity index (χ1v) is 16.2. The largest absolute Gasteiger partial charge is 0.497 e. The number of fused-ring (bicyclic) bond motifs is 1. The number of carbonyl (C=O) groups excluding carboxylic acids is 1. The summed E-state index contributed by atoms with van der Waals surface area (Å²) in [4.78, 5) is 18.7. The van der Waals surface area contributed by atoms with Gasteiger partial charge < -0.3 is 23.7 Å². The average molecular weight is 655 g/mol. The second-order valence-corrected chi connectivity index (χ2v) is 13.1. The molecule has 0 aliphatic carbocycles. The Hall–Kier alpha value is -4.24. The Kier molecular flexibility index (Phi) is 9.87. The molecule has 1 aliphatic rings. The van der Waals surface area contributed by atoms with Crippen LogP contribution in [0.2, 0.25) is 0 Å². The van der Waals surface area contributed by atoms with Crippen LogP contribution in [0.3, 0.4) is 0 Å². The summed E-state index contributed by atoms with van der Waals surface area (Å²) in [5.74, 6) is 1.40. The van der Waals surface area contributed by atoms with Crippen LogP contribution in [0, 0.1) is 0 Å². The third-order valence-corrected chi connectivity index (χ3v) is 10.1. The number of carbonyl (C=O) groups is 1. The predicted molar refractivity (Wildman–Crippen MR) is 172 cm³/mol. The molecule has 0 saturated carbocycles. The van der Waals surface area contributed by atoms with Gasteiger partial charge in [-0.05, 0) is 67.4 Å². The lowest BCUT2D eigenvalue weighted by molar-refractivity contribution is 0.0978. The standard InChI is InChI=1S/C31H34N4O8S2/c1-34(19-23-7-6-14-43-23)45(37,38)24-11-8-21(9-12-24)30(36)35(31-33-25-13-10-22(39-2)17-28(25)44-31)32-18-20-15-26(40-3)29(42-5)27(16-20)41-4/h8-13,15-18,23H,6-7,14,19H2,1-5H3/b32-18+. The Labute approximate surface area is 265 Å². The van der Waals surface area contributed by atoms with Crippen molar-refractivity contribution in [1.82, 2.24) is 9.29 Å². The number of hydrazone groups is 1. The van der Waals surface area contributed by atoms with E-state index >= 15 is 0 Å². The Morgan fingerprint density at radius 1 is 1.02 bits per heavy atom. The molecule has 4 aromatic rings. The summed E-state index contributed by atoms with van der Waals surface area (Å²) in [6.45, 7) is 0.894. The lowest BCUT2D eigenvalue weighted by Crippen LogP contribution is -2.34. The second kappa shape index (κ2) is 13.8. The Bertz CT molecular complexity index is 1780. The van der Waals surface area contributed by atoms with Crippen molar-refractivity contribution in [2.45, 2.75) is 23.8 Å². The zero-order valence-electron chi connectivity index (χ0n) is 25.6. The number of hydrogen-bond acceptors (Lipinski definition) is 11. The summed E-state index contributed by atoms with van der Waals surface area (Å²) in [7, 11) is 3.84. The van der Waals surface area contributed by atoms with Crippen molar-refractivity contribution in [2.24, 2.45) is 5.10 Å². The van der Waals surface area contributed by atoms with Crippen LogP contribution in [-0.2, 0) is 14.8 Å². The van der Waals surface area contributed by atoms with E-state index in [4.69, 9.17) is 23.7 Å². The van der Waals surface area contributed by atoms with Crippen LogP contribution >= 0.6 is 11.3 Å². The number of rotatable bonds is 12. The van der Waals surface area contributed by atoms with Gasteiger partial charge in [0.2, 0.25) is 20.9 Å². The molecule has 1 fully saturated rings. The van der Waals surface area contributed by atoms with E-state index in [0.717, 1.165) is 17.5 Å². The highest BCUT2D eigenvalue weighted by molar-refractivity contribution is 7.89. The van der Waals surface area contributed by atoms with E-state index < -0.39 is 15.9 Å². The van der Waals surface area contributed by atoms with Crippen molar-refractivity contribution >= 4 is 48.8 Å².